The smallest absolute Gasteiger partial charge is 0.225 e. The third kappa shape index (κ3) is 2.93. The molecule has 2 N–H and O–H groups in total. The van der Waals surface area contributed by atoms with E-state index in [-0.39, 0.29) is 5.95 Å². The van der Waals surface area contributed by atoms with Crippen LogP contribution in [0.5, 0.6) is 5.88 Å². The molecule has 3 heterocycles. The number of methoxy groups -OCH3 is 1. The minimum Gasteiger partial charge on any atom is -0.481 e. The van der Waals surface area contributed by atoms with E-state index in [1.807, 2.05) is 6.07 Å². The number of hydrogen-bond donors (Lipinski definition) is 1. The van der Waals surface area contributed by atoms with E-state index in [1.54, 1.807) is 25.6 Å². The van der Waals surface area contributed by atoms with Crippen molar-refractivity contribution in [1.29, 1.82) is 0 Å². The molecule has 0 bridgehead atoms. The van der Waals surface area contributed by atoms with Gasteiger partial charge in [-0.25, -0.2) is 9.97 Å². The standard InChI is InChI=1S/C13H17N7O/c1-21-11-9-10(17-12(14)18-11)19-5-7-20(8-6-19)13-15-3-2-4-16-13/h2-4,9H,5-8H2,1H3,(H2,14,17,18). The molecular weight excluding hydrogens is 270 g/mol. The van der Waals surface area contributed by atoms with Crippen LogP contribution < -0.4 is 20.3 Å². The molecule has 0 radical (unpaired) electrons. The topological polar surface area (TPSA) is 93.3 Å². The van der Waals surface area contributed by atoms with Crippen LogP contribution in [-0.4, -0.2) is 53.2 Å². The third-order valence-electron chi connectivity index (χ3n) is 3.35. The van der Waals surface area contributed by atoms with Crippen LogP contribution in [0.15, 0.2) is 24.5 Å². The van der Waals surface area contributed by atoms with Crippen LogP contribution in [0.25, 0.3) is 0 Å². The molecule has 8 heteroatoms. The van der Waals surface area contributed by atoms with E-state index in [0.29, 0.717) is 5.88 Å². The van der Waals surface area contributed by atoms with E-state index in [4.69, 9.17) is 10.5 Å². The molecule has 8 nitrogen and oxygen atoms in total. The summed E-state index contributed by atoms with van der Waals surface area (Å²) in [6.45, 7) is 3.29. The van der Waals surface area contributed by atoms with Gasteiger partial charge in [-0.05, 0) is 6.07 Å². The Morgan fingerprint density at radius 3 is 2.38 bits per heavy atom. The van der Waals surface area contributed by atoms with Crippen molar-refractivity contribution in [3.05, 3.63) is 24.5 Å². The number of nitrogens with two attached hydrogens (primary N) is 1. The first kappa shape index (κ1) is 13.3. The van der Waals surface area contributed by atoms with Crippen molar-refractivity contribution < 1.29 is 4.74 Å². The van der Waals surface area contributed by atoms with Crippen LogP contribution in [0.2, 0.25) is 0 Å². The second-order valence-electron chi connectivity index (χ2n) is 4.65. The van der Waals surface area contributed by atoms with Gasteiger partial charge in [0.15, 0.2) is 0 Å². The second kappa shape index (κ2) is 5.78. The molecule has 0 saturated carbocycles. The molecule has 1 aliphatic heterocycles. The van der Waals surface area contributed by atoms with Gasteiger partial charge < -0.3 is 20.3 Å². The highest BCUT2D eigenvalue weighted by atomic mass is 16.5. The quantitative estimate of drug-likeness (QED) is 0.854. The zero-order chi connectivity index (χ0) is 14.7. The Labute approximate surface area is 122 Å². The lowest BCUT2D eigenvalue weighted by atomic mass is 10.3. The predicted molar refractivity (Wildman–Crippen MR) is 79.5 cm³/mol. The van der Waals surface area contributed by atoms with E-state index in [1.165, 1.54) is 0 Å². The molecule has 1 fully saturated rings. The number of piperazine rings is 1. The molecule has 0 atom stereocenters. The van der Waals surface area contributed by atoms with E-state index >= 15 is 0 Å². The third-order valence-corrected chi connectivity index (χ3v) is 3.35. The Hall–Kier alpha value is -2.64. The summed E-state index contributed by atoms with van der Waals surface area (Å²) < 4.78 is 5.13. The number of aromatic nitrogens is 4. The minimum atomic E-state index is 0.221. The molecule has 0 spiro atoms. The summed E-state index contributed by atoms with van der Waals surface area (Å²) in [5, 5.41) is 0. The van der Waals surface area contributed by atoms with Crippen molar-refractivity contribution in [1.82, 2.24) is 19.9 Å². The largest absolute Gasteiger partial charge is 0.481 e. The Morgan fingerprint density at radius 2 is 1.71 bits per heavy atom. The first-order valence-corrected chi connectivity index (χ1v) is 6.72. The van der Waals surface area contributed by atoms with Crippen LogP contribution in [-0.2, 0) is 0 Å². The molecule has 0 aliphatic carbocycles. The predicted octanol–water partition coefficient (Wildman–Crippen LogP) is 0.184. The van der Waals surface area contributed by atoms with Crippen molar-refractivity contribution in [3.63, 3.8) is 0 Å². The second-order valence-corrected chi connectivity index (χ2v) is 4.65. The normalized spacial score (nSPS) is 15.1. The van der Waals surface area contributed by atoms with Gasteiger partial charge in [0.25, 0.3) is 0 Å². The van der Waals surface area contributed by atoms with Crippen LogP contribution >= 0.6 is 0 Å². The zero-order valence-corrected chi connectivity index (χ0v) is 11.8. The van der Waals surface area contributed by atoms with Gasteiger partial charge in [-0.15, -0.1) is 0 Å². The number of anilines is 3. The molecule has 21 heavy (non-hydrogen) atoms. The highest BCUT2D eigenvalue weighted by Crippen LogP contribution is 2.20. The summed E-state index contributed by atoms with van der Waals surface area (Å²) in [7, 11) is 1.57. The SMILES string of the molecule is COc1cc(N2CCN(c3ncccn3)CC2)nc(N)n1. The van der Waals surface area contributed by atoms with Crippen LogP contribution in [0.4, 0.5) is 17.7 Å². The Balaban J connectivity index is 1.70. The van der Waals surface area contributed by atoms with Crippen LogP contribution in [0.1, 0.15) is 0 Å². The minimum absolute atomic E-state index is 0.221. The van der Waals surface area contributed by atoms with Crippen LogP contribution in [0, 0.1) is 0 Å². The lowest BCUT2D eigenvalue weighted by Gasteiger charge is -2.35. The van der Waals surface area contributed by atoms with Crippen molar-refractivity contribution in [2.24, 2.45) is 0 Å². The fourth-order valence-electron chi connectivity index (χ4n) is 2.29. The number of rotatable bonds is 3. The monoisotopic (exact) mass is 287 g/mol. The summed E-state index contributed by atoms with van der Waals surface area (Å²) in [4.78, 5) is 21.1. The number of hydrogen-bond acceptors (Lipinski definition) is 8. The Bertz CT molecular complexity index is 599. The van der Waals surface area contributed by atoms with Crippen molar-refractivity contribution in [2.75, 3.05) is 48.8 Å². The molecule has 0 amide bonds. The summed E-state index contributed by atoms with van der Waals surface area (Å²) >= 11 is 0. The summed E-state index contributed by atoms with van der Waals surface area (Å²) in [6.07, 6.45) is 3.51. The van der Waals surface area contributed by atoms with Crippen LogP contribution in [0.3, 0.4) is 0 Å². The van der Waals surface area contributed by atoms with Crippen molar-refractivity contribution >= 4 is 17.7 Å². The zero-order valence-electron chi connectivity index (χ0n) is 11.8. The Kier molecular flexibility index (Phi) is 3.67. The maximum Gasteiger partial charge on any atom is 0.225 e. The number of nitrogens with zero attached hydrogens (tertiary/aromatic N) is 6. The van der Waals surface area contributed by atoms with E-state index < -0.39 is 0 Å². The summed E-state index contributed by atoms with van der Waals surface area (Å²) in [5.74, 6) is 2.24. The van der Waals surface area contributed by atoms with Gasteiger partial charge in [-0.2, -0.15) is 9.97 Å². The highest BCUT2D eigenvalue weighted by Gasteiger charge is 2.20. The number of ether oxygens (including phenoxy) is 1. The molecule has 3 rings (SSSR count). The molecule has 2 aromatic heterocycles. The average molecular weight is 287 g/mol. The highest BCUT2D eigenvalue weighted by molar-refractivity contribution is 5.47. The van der Waals surface area contributed by atoms with Gasteiger partial charge in [0, 0.05) is 44.6 Å². The van der Waals surface area contributed by atoms with Crippen molar-refractivity contribution in [2.45, 2.75) is 0 Å². The van der Waals surface area contributed by atoms with Gasteiger partial charge >= 0.3 is 0 Å². The molecule has 1 aliphatic rings. The first-order chi connectivity index (χ1) is 10.3. The fourth-order valence-corrected chi connectivity index (χ4v) is 2.29. The summed E-state index contributed by atoms with van der Waals surface area (Å²) in [6, 6.07) is 3.61. The molecule has 2 aromatic rings. The van der Waals surface area contributed by atoms with Gasteiger partial charge in [0.05, 0.1) is 7.11 Å². The molecule has 0 unspecified atom stereocenters. The maximum absolute atomic E-state index is 5.70. The molecule has 110 valence electrons. The van der Waals surface area contributed by atoms with E-state index in [2.05, 4.69) is 29.7 Å². The van der Waals surface area contributed by atoms with E-state index in [9.17, 15) is 0 Å². The fraction of sp³-hybridized carbons (Fsp3) is 0.385. The van der Waals surface area contributed by atoms with E-state index in [0.717, 1.165) is 37.9 Å². The maximum atomic E-state index is 5.70. The lowest BCUT2D eigenvalue weighted by Crippen LogP contribution is -2.47. The lowest BCUT2D eigenvalue weighted by molar-refractivity contribution is 0.397. The van der Waals surface area contributed by atoms with Gasteiger partial charge in [0.1, 0.15) is 5.82 Å². The average Bonchev–Trinajstić information content (AvgIpc) is 2.55. The molecule has 0 aromatic carbocycles. The van der Waals surface area contributed by atoms with Gasteiger partial charge in [0.2, 0.25) is 17.8 Å². The van der Waals surface area contributed by atoms with Gasteiger partial charge in [-0.1, -0.05) is 0 Å². The van der Waals surface area contributed by atoms with Gasteiger partial charge in [-0.3, -0.25) is 0 Å². The molecular formula is C13H17N7O. The first-order valence-electron chi connectivity index (χ1n) is 6.72. The van der Waals surface area contributed by atoms with Crippen molar-refractivity contribution in [3.8, 4) is 5.88 Å². The summed E-state index contributed by atoms with van der Waals surface area (Å²) in [5.41, 5.74) is 5.70. The number of nitrogen functional groups attached to an aromatic ring is 1. The Morgan fingerprint density at radius 1 is 1.05 bits per heavy atom. The molecule has 1 saturated heterocycles.